The summed E-state index contributed by atoms with van der Waals surface area (Å²) < 4.78 is 6.66. The second-order valence-electron chi connectivity index (χ2n) is 5.88. The Balaban J connectivity index is 1.77. The van der Waals surface area contributed by atoms with E-state index >= 15 is 0 Å². The van der Waals surface area contributed by atoms with Gasteiger partial charge in [-0.1, -0.05) is 15.9 Å². The number of ether oxygens (including phenoxy) is 1. The normalized spacial score (nSPS) is 10.5. The standard InChI is InChI=1S/C19H23BrN2O2/c1-13(2)24-17-7-4-15(5-8-17)22-19(23)10-11-21-16-6-9-18(20)14(3)12-16/h4-9,12-13,21H,10-11H2,1-3H3,(H,22,23). The number of benzene rings is 2. The van der Waals surface area contributed by atoms with Gasteiger partial charge in [-0.2, -0.15) is 0 Å². The predicted molar refractivity (Wildman–Crippen MR) is 103 cm³/mol. The second-order valence-corrected chi connectivity index (χ2v) is 6.73. The number of carbonyl (C=O) groups excluding carboxylic acids is 1. The van der Waals surface area contributed by atoms with Crippen molar-refractivity contribution in [2.45, 2.75) is 33.3 Å². The van der Waals surface area contributed by atoms with Gasteiger partial charge in [-0.15, -0.1) is 0 Å². The van der Waals surface area contributed by atoms with Gasteiger partial charge in [0.25, 0.3) is 0 Å². The van der Waals surface area contributed by atoms with Crippen LogP contribution >= 0.6 is 15.9 Å². The lowest BCUT2D eigenvalue weighted by Crippen LogP contribution is -2.16. The Hall–Kier alpha value is -2.01. The summed E-state index contributed by atoms with van der Waals surface area (Å²) in [5, 5.41) is 6.15. The van der Waals surface area contributed by atoms with Crippen LogP contribution in [-0.4, -0.2) is 18.6 Å². The summed E-state index contributed by atoms with van der Waals surface area (Å²) in [5.74, 6) is 0.782. The van der Waals surface area contributed by atoms with Gasteiger partial charge in [0.05, 0.1) is 6.10 Å². The first-order valence-electron chi connectivity index (χ1n) is 8.00. The number of aryl methyl sites for hydroxylation is 1. The van der Waals surface area contributed by atoms with Crippen LogP contribution < -0.4 is 15.4 Å². The van der Waals surface area contributed by atoms with Gasteiger partial charge in [-0.3, -0.25) is 4.79 Å². The Bertz CT molecular complexity index is 684. The van der Waals surface area contributed by atoms with Crippen molar-refractivity contribution < 1.29 is 9.53 Å². The molecule has 2 N–H and O–H groups in total. The van der Waals surface area contributed by atoms with Crippen LogP contribution in [0, 0.1) is 6.92 Å². The molecular weight excluding hydrogens is 368 g/mol. The van der Waals surface area contributed by atoms with Crippen molar-refractivity contribution in [3.63, 3.8) is 0 Å². The van der Waals surface area contributed by atoms with Crippen LogP contribution in [0.25, 0.3) is 0 Å². The minimum Gasteiger partial charge on any atom is -0.491 e. The highest BCUT2D eigenvalue weighted by Gasteiger charge is 2.04. The number of hydrogen-bond acceptors (Lipinski definition) is 3. The van der Waals surface area contributed by atoms with Gasteiger partial charge in [-0.25, -0.2) is 0 Å². The van der Waals surface area contributed by atoms with E-state index in [2.05, 4.69) is 32.6 Å². The Morgan fingerprint density at radius 1 is 1.12 bits per heavy atom. The number of amides is 1. The first-order chi connectivity index (χ1) is 11.4. The topological polar surface area (TPSA) is 50.4 Å². The molecule has 4 nitrogen and oxygen atoms in total. The maximum Gasteiger partial charge on any atom is 0.226 e. The summed E-state index contributed by atoms with van der Waals surface area (Å²) in [6, 6.07) is 13.5. The molecule has 0 aromatic heterocycles. The number of anilines is 2. The van der Waals surface area contributed by atoms with Crippen molar-refractivity contribution in [2.75, 3.05) is 17.2 Å². The fraction of sp³-hybridized carbons (Fsp3) is 0.316. The van der Waals surface area contributed by atoms with E-state index in [-0.39, 0.29) is 12.0 Å². The lowest BCUT2D eigenvalue weighted by Gasteiger charge is -2.11. The molecule has 0 heterocycles. The number of rotatable bonds is 7. The lowest BCUT2D eigenvalue weighted by atomic mass is 10.2. The highest BCUT2D eigenvalue weighted by molar-refractivity contribution is 9.10. The van der Waals surface area contributed by atoms with Crippen molar-refractivity contribution in [2.24, 2.45) is 0 Å². The average molecular weight is 391 g/mol. The monoisotopic (exact) mass is 390 g/mol. The molecule has 1 amide bonds. The highest BCUT2D eigenvalue weighted by Crippen LogP contribution is 2.20. The van der Waals surface area contributed by atoms with E-state index in [1.165, 1.54) is 0 Å². The van der Waals surface area contributed by atoms with Crippen LogP contribution in [0.3, 0.4) is 0 Å². The molecule has 2 aromatic rings. The van der Waals surface area contributed by atoms with Gasteiger partial charge in [0, 0.05) is 28.8 Å². The molecule has 2 rings (SSSR count). The fourth-order valence-electron chi connectivity index (χ4n) is 2.19. The van der Waals surface area contributed by atoms with Crippen molar-refractivity contribution in [1.29, 1.82) is 0 Å². The summed E-state index contributed by atoms with van der Waals surface area (Å²) >= 11 is 3.48. The van der Waals surface area contributed by atoms with E-state index < -0.39 is 0 Å². The summed E-state index contributed by atoms with van der Waals surface area (Å²) in [7, 11) is 0. The minimum absolute atomic E-state index is 0.0196. The Labute approximate surface area is 151 Å². The second kappa shape index (κ2) is 8.73. The first-order valence-corrected chi connectivity index (χ1v) is 8.80. The molecule has 0 fully saturated rings. The molecule has 5 heteroatoms. The summed E-state index contributed by atoms with van der Waals surface area (Å²) in [6.07, 6.45) is 0.540. The smallest absolute Gasteiger partial charge is 0.226 e. The van der Waals surface area contributed by atoms with E-state index in [1.54, 1.807) is 0 Å². The van der Waals surface area contributed by atoms with Crippen LogP contribution in [0.15, 0.2) is 46.9 Å². The molecule has 0 aliphatic rings. The van der Waals surface area contributed by atoms with E-state index in [9.17, 15) is 4.79 Å². The third kappa shape index (κ3) is 5.89. The molecule has 0 saturated carbocycles. The third-order valence-electron chi connectivity index (χ3n) is 3.35. The van der Waals surface area contributed by atoms with Crippen molar-refractivity contribution in [3.05, 3.63) is 52.5 Å². The summed E-state index contributed by atoms with van der Waals surface area (Å²) in [4.78, 5) is 12.0. The van der Waals surface area contributed by atoms with Crippen molar-refractivity contribution in [3.8, 4) is 5.75 Å². The molecule has 0 unspecified atom stereocenters. The number of halogens is 1. The maximum absolute atomic E-state index is 12.0. The van der Waals surface area contributed by atoms with Crippen LogP contribution in [0.1, 0.15) is 25.8 Å². The zero-order chi connectivity index (χ0) is 17.5. The minimum atomic E-state index is -0.0196. The molecule has 0 aliphatic carbocycles. The zero-order valence-corrected chi connectivity index (χ0v) is 15.8. The molecule has 24 heavy (non-hydrogen) atoms. The Morgan fingerprint density at radius 2 is 1.79 bits per heavy atom. The predicted octanol–water partition coefficient (Wildman–Crippen LogP) is 4.99. The van der Waals surface area contributed by atoms with Gasteiger partial charge in [0.15, 0.2) is 0 Å². The van der Waals surface area contributed by atoms with Gasteiger partial charge in [0.1, 0.15) is 5.75 Å². The molecule has 0 radical (unpaired) electrons. The molecule has 0 saturated heterocycles. The fourth-order valence-corrected chi connectivity index (χ4v) is 2.43. The highest BCUT2D eigenvalue weighted by atomic mass is 79.9. The summed E-state index contributed by atoms with van der Waals surface area (Å²) in [5.41, 5.74) is 2.95. The Kier molecular flexibility index (Phi) is 6.67. The molecule has 2 aromatic carbocycles. The Morgan fingerprint density at radius 3 is 2.42 bits per heavy atom. The zero-order valence-electron chi connectivity index (χ0n) is 14.2. The van der Waals surface area contributed by atoms with E-state index in [1.807, 2.05) is 57.2 Å². The maximum atomic E-state index is 12.0. The molecule has 0 aliphatic heterocycles. The van der Waals surface area contributed by atoms with Crippen molar-refractivity contribution in [1.82, 2.24) is 0 Å². The quantitative estimate of drug-likeness (QED) is 0.700. The van der Waals surface area contributed by atoms with Crippen molar-refractivity contribution >= 4 is 33.2 Å². The average Bonchev–Trinajstić information content (AvgIpc) is 2.52. The molecule has 128 valence electrons. The van der Waals surface area contributed by atoms with Gasteiger partial charge in [0.2, 0.25) is 5.91 Å². The SMILES string of the molecule is Cc1cc(NCCC(=O)Nc2ccc(OC(C)C)cc2)ccc1Br. The first kappa shape index (κ1) is 18.3. The summed E-state index contributed by atoms with van der Waals surface area (Å²) in [6.45, 7) is 6.58. The van der Waals surface area contributed by atoms with Crippen LogP contribution in [0.4, 0.5) is 11.4 Å². The molecular formula is C19H23BrN2O2. The van der Waals surface area contributed by atoms with Gasteiger partial charge < -0.3 is 15.4 Å². The number of hydrogen-bond donors (Lipinski definition) is 2. The molecule has 0 atom stereocenters. The van der Waals surface area contributed by atoms with Crippen LogP contribution in [0.5, 0.6) is 5.75 Å². The molecule has 0 bridgehead atoms. The largest absolute Gasteiger partial charge is 0.491 e. The van der Waals surface area contributed by atoms with Crippen LogP contribution in [0.2, 0.25) is 0 Å². The van der Waals surface area contributed by atoms with Crippen LogP contribution in [-0.2, 0) is 4.79 Å². The number of carbonyl (C=O) groups is 1. The number of nitrogens with one attached hydrogen (secondary N) is 2. The third-order valence-corrected chi connectivity index (χ3v) is 4.24. The van der Waals surface area contributed by atoms with Gasteiger partial charge >= 0.3 is 0 Å². The van der Waals surface area contributed by atoms with E-state index in [4.69, 9.17) is 4.74 Å². The van der Waals surface area contributed by atoms with E-state index in [0.717, 1.165) is 27.2 Å². The lowest BCUT2D eigenvalue weighted by molar-refractivity contribution is -0.115. The molecule has 0 spiro atoms. The van der Waals surface area contributed by atoms with Gasteiger partial charge in [-0.05, 0) is 68.8 Å². The van der Waals surface area contributed by atoms with E-state index in [0.29, 0.717) is 13.0 Å².